The highest BCUT2D eigenvalue weighted by atomic mass is 35.5. The van der Waals surface area contributed by atoms with E-state index in [9.17, 15) is 4.79 Å². The van der Waals surface area contributed by atoms with Gasteiger partial charge in [-0.25, -0.2) is 0 Å². The van der Waals surface area contributed by atoms with Crippen molar-refractivity contribution in [3.05, 3.63) is 48.0 Å². The molecule has 0 aliphatic rings. The van der Waals surface area contributed by atoms with E-state index in [4.69, 9.17) is 10.5 Å². The molecular weight excluding hydrogens is 288 g/mol. The summed E-state index contributed by atoms with van der Waals surface area (Å²) in [4.78, 5) is 11.9. The van der Waals surface area contributed by atoms with Crippen molar-refractivity contribution in [1.82, 2.24) is 5.32 Å². The van der Waals surface area contributed by atoms with Crippen molar-refractivity contribution in [1.29, 1.82) is 0 Å². The lowest BCUT2D eigenvalue weighted by molar-refractivity contribution is -0.124. The third-order valence-corrected chi connectivity index (χ3v) is 3.32. The average Bonchev–Trinajstić information content (AvgIpc) is 2.46. The molecule has 2 aromatic carbocycles. The van der Waals surface area contributed by atoms with Gasteiger partial charge in [-0.15, -0.1) is 12.4 Å². The van der Waals surface area contributed by atoms with Crippen molar-refractivity contribution in [2.75, 3.05) is 13.7 Å². The molecule has 3 N–H and O–H groups in total. The lowest BCUT2D eigenvalue weighted by atomic mass is 10.0. The fourth-order valence-electron chi connectivity index (χ4n) is 2.14. The maximum absolute atomic E-state index is 11.9. The molecule has 0 aromatic heterocycles. The Morgan fingerprint density at radius 1 is 1.24 bits per heavy atom. The molecule has 0 saturated heterocycles. The van der Waals surface area contributed by atoms with Crippen molar-refractivity contribution >= 4 is 29.1 Å². The van der Waals surface area contributed by atoms with Crippen molar-refractivity contribution in [2.24, 2.45) is 5.73 Å². The second-order valence-electron chi connectivity index (χ2n) is 4.90. The fourth-order valence-corrected chi connectivity index (χ4v) is 2.14. The zero-order chi connectivity index (χ0) is 14.5. The third-order valence-electron chi connectivity index (χ3n) is 3.32. The van der Waals surface area contributed by atoms with E-state index in [1.807, 2.05) is 25.1 Å². The maximum atomic E-state index is 11.9. The van der Waals surface area contributed by atoms with E-state index in [1.165, 1.54) is 12.5 Å². The van der Waals surface area contributed by atoms with Crippen LogP contribution < -0.4 is 11.1 Å². The lowest BCUT2D eigenvalue weighted by Crippen LogP contribution is -2.44. The number of methoxy groups -OCH3 is 1. The van der Waals surface area contributed by atoms with Crippen LogP contribution in [0.4, 0.5) is 0 Å². The molecule has 4 nitrogen and oxygen atoms in total. The minimum absolute atomic E-state index is 0. The van der Waals surface area contributed by atoms with Gasteiger partial charge in [-0.05, 0) is 29.3 Å². The minimum atomic E-state index is -0.636. The molecule has 0 saturated carbocycles. The summed E-state index contributed by atoms with van der Waals surface area (Å²) in [6.45, 7) is 2.16. The maximum Gasteiger partial charge on any atom is 0.239 e. The number of rotatable bonds is 5. The Morgan fingerprint density at radius 3 is 2.57 bits per heavy atom. The number of fused-ring (bicyclic) bond motifs is 1. The molecule has 0 aliphatic heterocycles. The molecule has 0 fully saturated rings. The summed E-state index contributed by atoms with van der Waals surface area (Å²) in [7, 11) is 1.53. The molecule has 21 heavy (non-hydrogen) atoms. The van der Waals surface area contributed by atoms with Crippen LogP contribution in [0.1, 0.15) is 18.5 Å². The molecule has 2 aromatic rings. The van der Waals surface area contributed by atoms with Gasteiger partial charge in [0, 0.05) is 7.11 Å². The standard InChI is InChI=1S/C16H20N2O2.ClH/c1-11(18-16(19)15(17)10-20-2)13-8-7-12-5-3-4-6-14(12)9-13;/h3-9,11,15H,10,17H2,1-2H3,(H,18,19);1H. The van der Waals surface area contributed by atoms with Crippen LogP contribution in [0, 0.1) is 0 Å². The van der Waals surface area contributed by atoms with E-state index in [-0.39, 0.29) is 31.0 Å². The van der Waals surface area contributed by atoms with Crippen LogP contribution in [-0.4, -0.2) is 25.7 Å². The Hall–Kier alpha value is -1.62. The number of halogens is 1. The van der Waals surface area contributed by atoms with Crippen LogP contribution in [0.2, 0.25) is 0 Å². The molecule has 0 spiro atoms. The summed E-state index contributed by atoms with van der Waals surface area (Å²) in [6.07, 6.45) is 0. The SMILES string of the molecule is COCC(N)C(=O)NC(C)c1ccc2ccccc2c1.Cl. The normalized spacial score (nSPS) is 13.3. The lowest BCUT2D eigenvalue weighted by Gasteiger charge is -2.18. The summed E-state index contributed by atoms with van der Waals surface area (Å²) >= 11 is 0. The predicted octanol–water partition coefficient (Wildman–Crippen LogP) is 2.41. The minimum Gasteiger partial charge on any atom is -0.383 e. The van der Waals surface area contributed by atoms with Crippen LogP contribution in [0.25, 0.3) is 10.8 Å². The number of carbonyl (C=O) groups is 1. The fraction of sp³-hybridized carbons (Fsp3) is 0.312. The number of hydrogen-bond donors (Lipinski definition) is 2. The number of amides is 1. The molecule has 0 heterocycles. The van der Waals surface area contributed by atoms with E-state index in [0.717, 1.165) is 10.9 Å². The van der Waals surface area contributed by atoms with Crippen molar-refractivity contribution in [3.63, 3.8) is 0 Å². The van der Waals surface area contributed by atoms with E-state index in [2.05, 4.69) is 29.6 Å². The van der Waals surface area contributed by atoms with E-state index >= 15 is 0 Å². The van der Waals surface area contributed by atoms with Gasteiger partial charge in [0.15, 0.2) is 0 Å². The zero-order valence-corrected chi connectivity index (χ0v) is 13.0. The van der Waals surface area contributed by atoms with Gasteiger partial charge in [-0.3, -0.25) is 4.79 Å². The number of ether oxygens (including phenoxy) is 1. The van der Waals surface area contributed by atoms with Crippen molar-refractivity contribution in [3.8, 4) is 0 Å². The second kappa shape index (κ2) is 7.98. The first-order valence-electron chi connectivity index (χ1n) is 6.65. The van der Waals surface area contributed by atoms with Crippen LogP contribution >= 0.6 is 12.4 Å². The van der Waals surface area contributed by atoms with Crippen LogP contribution in [0.15, 0.2) is 42.5 Å². The predicted molar refractivity (Wildman–Crippen MR) is 87.6 cm³/mol. The highest BCUT2D eigenvalue weighted by Gasteiger charge is 2.16. The Balaban J connectivity index is 0.00000220. The summed E-state index contributed by atoms with van der Waals surface area (Å²) in [5.41, 5.74) is 6.76. The first-order valence-corrected chi connectivity index (χ1v) is 6.65. The van der Waals surface area contributed by atoms with Crippen LogP contribution in [0.5, 0.6) is 0 Å². The Bertz CT molecular complexity index is 604. The van der Waals surface area contributed by atoms with Gasteiger partial charge in [0.1, 0.15) is 6.04 Å². The smallest absolute Gasteiger partial charge is 0.239 e. The molecule has 2 rings (SSSR count). The Labute approximate surface area is 131 Å². The molecule has 1 amide bonds. The molecular formula is C16H21ClN2O2. The Kier molecular flexibility index (Phi) is 6.62. The largest absolute Gasteiger partial charge is 0.383 e. The number of hydrogen-bond acceptors (Lipinski definition) is 3. The summed E-state index contributed by atoms with van der Waals surface area (Å²) in [5, 5.41) is 5.25. The number of nitrogens with two attached hydrogens (primary N) is 1. The molecule has 5 heteroatoms. The zero-order valence-electron chi connectivity index (χ0n) is 12.2. The monoisotopic (exact) mass is 308 g/mol. The molecule has 0 radical (unpaired) electrons. The molecule has 2 atom stereocenters. The topological polar surface area (TPSA) is 64.3 Å². The van der Waals surface area contributed by atoms with E-state index in [0.29, 0.717) is 0 Å². The van der Waals surface area contributed by atoms with Gasteiger partial charge in [0.25, 0.3) is 0 Å². The summed E-state index contributed by atoms with van der Waals surface area (Å²) in [6, 6.07) is 13.6. The quantitative estimate of drug-likeness (QED) is 0.891. The van der Waals surface area contributed by atoms with E-state index < -0.39 is 6.04 Å². The first-order chi connectivity index (χ1) is 9.61. The van der Waals surface area contributed by atoms with E-state index in [1.54, 1.807) is 0 Å². The van der Waals surface area contributed by atoms with Crippen LogP contribution in [-0.2, 0) is 9.53 Å². The number of benzene rings is 2. The van der Waals surface area contributed by atoms with Gasteiger partial charge in [-0.1, -0.05) is 36.4 Å². The third kappa shape index (κ3) is 4.43. The van der Waals surface area contributed by atoms with Crippen molar-refractivity contribution in [2.45, 2.75) is 19.0 Å². The van der Waals surface area contributed by atoms with Gasteiger partial charge in [-0.2, -0.15) is 0 Å². The van der Waals surface area contributed by atoms with Gasteiger partial charge in [0.05, 0.1) is 12.6 Å². The first kappa shape index (κ1) is 17.4. The van der Waals surface area contributed by atoms with Crippen LogP contribution in [0.3, 0.4) is 0 Å². The molecule has 0 bridgehead atoms. The molecule has 0 aliphatic carbocycles. The number of carbonyl (C=O) groups excluding carboxylic acids is 1. The van der Waals surface area contributed by atoms with Gasteiger partial charge < -0.3 is 15.8 Å². The van der Waals surface area contributed by atoms with Gasteiger partial charge >= 0.3 is 0 Å². The number of nitrogens with one attached hydrogen (secondary N) is 1. The molecule has 114 valence electrons. The highest BCUT2D eigenvalue weighted by Crippen LogP contribution is 2.20. The average molecular weight is 309 g/mol. The van der Waals surface area contributed by atoms with Crippen molar-refractivity contribution < 1.29 is 9.53 Å². The highest BCUT2D eigenvalue weighted by molar-refractivity contribution is 5.85. The molecule has 2 unspecified atom stereocenters. The Morgan fingerprint density at radius 2 is 1.90 bits per heavy atom. The summed E-state index contributed by atoms with van der Waals surface area (Å²) in [5.74, 6) is -0.201. The van der Waals surface area contributed by atoms with Gasteiger partial charge in [0.2, 0.25) is 5.91 Å². The summed E-state index contributed by atoms with van der Waals surface area (Å²) < 4.78 is 4.88. The second-order valence-corrected chi connectivity index (χ2v) is 4.90.